The monoisotopic (exact) mass is 562 g/mol. The second-order valence-corrected chi connectivity index (χ2v) is 11.3. The van der Waals surface area contributed by atoms with Crippen LogP contribution in [-0.2, 0) is 27.3 Å². The number of esters is 1. The minimum Gasteiger partial charge on any atom is -0.489 e. The number of nitrogens with zero attached hydrogens (tertiary/aromatic N) is 1. The van der Waals surface area contributed by atoms with E-state index in [1.807, 2.05) is 93.7 Å². The lowest BCUT2D eigenvalue weighted by Crippen LogP contribution is -2.35. The van der Waals surface area contributed by atoms with Crippen molar-refractivity contribution in [2.24, 2.45) is 0 Å². The van der Waals surface area contributed by atoms with Crippen molar-refractivity contribution in [1.82, 2.24) is 10.3 Å². The van der Waals surface area contributed by atoms with Gasteiger partial charge in [-0.15, -0.1) is 11.3 Å². The van der Waals surface area contributed by atoms with E-state index in [1.54, 1.807) is 19.9 Å². The molecule has 0 aliphatic carbocycles. The predicted molar refractivity (Wildman–Crippen MR) is 159 cm³/mol. The van der Waals surface area contributed by atoms with E-state index >= 15 is 0 Å². The average molecular weight is 563 g/mol. The van der Waals surface area contributed by atoms with Gasteiger partial charge in [-0.05, 0) is 88.9 Å². The van der Waals surface area contributed by atoms with Crippen LogP contribution in [0.5, 0.6) is 5.75 Å². The number of benzene rings is 2. The van der Waals surface area contributed by atoms with Gasteiger partial charge in [-0.3, -0.25) is 0 Å². The highest BCUT2D eigenvalue weighted by Gasteiger charge is 2.23. The molecule has 0 aliphatic rings. The molecule has 40 heavy (non-hydrogen) atoms. The fraction of sp³-hybridized carbons (Fsp3) is 0.344. The molecule has 0 aliphatic heterocycles. The Labute approximate surface area is 240 Å². The maximum Gasteiger partial charge on any atom is 0.408 e. The van der Waals surface area contributed by atoms with E-state index in [1.165, 1.54) is 11.3 Å². The highest BCUT2D eigenvalue weighted by Crippen LogP contribution is 2.26. The van der Waals surface area contributed by atoms with Crippen LogP contribution in [0.15, 0.2) is 77.2 Å². The zero-order chi connectivity index (χ0) is 29.1. The van der Waals surface area contributed by atoms with Gasteiger partial charge in [0.1, 0.15) is 23.0 Å². The van der Waals surface area contributed by atoms with Crippen molar-refractivity contribution in [1.29, 1.82) is 0 Å². The van der Waals surface area contributed by atoms with E-state index in [0.29, 0.717) is 25.2 Å². The van der Waals surface area contributed by atoms with Crippen molar-refractivity contribution in [3.8, 4) is 5.75 Å². The van der Waals surface area contributed by atoms with Crippen molar-refractivity contribution in [3.63, 3.8) is 0 Å². The lowest BCUT2D eigenvalue weighted by atomic mass is 10.1. The van der Waals surface area contributed by atoms with Gasteiger partial charge in [-0.2, -0.15) is 0 Å². The van der Waals surface area contributed by atoms with Crippen LogP contribution in [0.2, 0.25) is 0 Å². The molecular weight excluding hydrogens is 524 g/mol. The van der Waals surface area contributed by atoms with Crippen LogP contribution in [0.4, 0.5) is 4.79 Å². The number of carbonyl (C=O) groups is 2. The van der Waals surface area contributed by atoms with Crippen LogP contribution < -0.4 is 10.1 Å². The Morgan fingerprint density at radius 1 is 1.02 bits per heavy atom. The van der Waals surface area contributed by atoms with Crippen molar-refractivity contribution in [2.75, 3.05) is 6.61 Å². The standard InChI is InChI=1S/C32H38N2O5S/c1-7-37-30(35)23(3)17-22(2)18-26-21-40-29(33-26)28(34-31(36)39-32(4,5)6)19-24-13-15-27(16-14-24)38-20-25-11-9-8-10-12-25/h8-18,21,28H,7,19-20H2,1-6H3,(H,34,36)/b22-18+,23-17-/t28-/m0/s1. The Morgan fingerprint density at radius 2 is 1.73 bits per heavy atom. The molecular formula is C32H38N2O5S. The van der Waals surface area contributed by atoms with E-state index in [9.17, 15) is 9.59 Å². The molecule has 0 saturated heterocycles. The first-order chi connectivity index (χ1) is 19.0. The van der Waals surface area contributed by atoms with Crippen molar-refractivity contribution < 1.29 is 23.8 Å². The molecule has 1 N–H and O–H groups in total. The maximum atomic E-state index is 12.7. The molecule has 0 saturated carbocycles. The highest BCUT2D eigenvalue weighted by molar-refractivity contribution is 7.09. The number of ether oxygens (including phenoxy) is 3. The van der Waals surface area contributed by atoms with E-state index < -0.39 is 17.7 Å². The summed E-state index contributed by atoms with van der Waals surface area (Å²) in [6.07, 6.45) is 3.69. The summed E-state index contributed by atoms with van der Waals surface area (Å²) in [4.78, 5) is 29.4. The van der Waals surface area contributed by atoms with E-state index in [0.717, 1.165) is 33.2 Å². The summed E-state index contributed by atoms with van der Waals surface area (Å²) in [6.45, 7) is 11.7. The van der Waals surface area contributed by atoms with E-state index in [-0.39, 0.29) is 5.97 Å². The summed E-state index contributed by atoms with van der Waals surface area (Å²) in [5, 5.41) is 5.67. The molecule has 1 amide bonds. The molecule has 0 radical (unpaired) electrons. The largest absolute Gasteiger partial charge is 0.489 e. The SMILES string of the molecule is CCOC(=O)/C(C)=C\C(C)=C\c1csc([C@H](Cc2ccc(OCc3ccccc3)cc2)NC(=O)OC(C)(C)C)n1. The van der Waals surface area contributed by atoms with Crippen molar-refractivity contribution >= 4 is 29.5 Å². The van der Waals surface area contributed by atoms with Gasteiger partial charge >= 0.3 is 12.1 Å². The first kappa shape index (κ1) is 30.6. The molecule has 0 spiro atoms. The third-order valence-corrected chi connectivity index (χ3v) is 6.53. The minimum atomic E-state index is -0.622. The molecule has 3 rings (SSSR count). The molecule has 0 bridgehead atoms. The molecule has 1 aromatic heterocycles. The van der Waals surface area contributed by atoms with Gasteiger partial charge < -0.3 is 19.5 Å². The number of nitrogens with one attached hydrogen (secondary N) is 1. The third kappa shape index (κ3) is 10.3. The topological polar surface area (TPSA) is 86.8 Å². The number of amides is 1. The molecule has 0 fully saturated rings. The lowest BCUT2D eigenvalue weighted by Gasteiger charge is -2.23. The van der Waals surface area contributed by atoms with Gasteiger partial charge in [0.25, 0.3) is 0 Å². The molecule has 7 nitrogen and oxygen atoms in total. The van der Waals surface area contributed by atoms with Crippen LogP contribution in [0, 0.1) is 0 Å². The molecule has 0 unspecified atom stereocenters. The Morgan fingerprint density at radius 3 is 2.38 bits per heavy atom. The quantitative estimate of drug-likeness (QED) is 0.148. The Hall–Kier alpha value is -3.91. The summed E-state index contributed by atoms with van der Waals surface area (Å²) in [7, 11) is 0. The number of carbonyl (C=O) groups excluding carboxylic acids is 2. The number of hydrogen-bond donors (Lipinski definition) is 1. The Bertz CT molecular complexity index is 1320. The van der Waals surface area contributed by atoms with Gasteiger partial charge in [-0.25, -0.2) is 14.6 Å². The van der Waals surface area contributed by atoms with E-state index in [2.05, 4.69) is 5.32 Å². The zero-order valence-electron chi connectivity index (χ0n) is 24.0. The first-order valence-electron chi connectivity index (χ1n) is 13.3. The number of allylic oxidation sites excluding steroid dienone is 2. The van der Waals surface area contributed by atoms with E-state index in [4.69, 9.17) is 19.2 Å². The summed E-state index contributed by atoms with van der Waals surface area (Å²) in [5.74, 6) is 0.430. The zero-order valence-corrected chi connectivity index (χ0v) is 24.8. The fourth-order valence-electron chi connectivity index (χ4n) is 3.80. The summed E-state index contributed by atoms with van der Waals surface area (Å²) >= 11 is 1.46. The van der Waals surface area contributed by atoms with Crippen LogP contribution in [0.3, 0.4) is 0 Å². The molecule has 1 atom stereocenters. The van der Waals surface area contributed by atoms with Gasteiger partial charge in [0.05, 0.1) is 18.3 Å². The van der Waals surface area contributed by atoms with Crippen LogP contribution in [0.1, 0.15) is 69.4 Å². The fourth-order valence-corrected chi connectivity index (χ4v) is 4.62. The summed E-state index contributed by atoms with van der Waals surface area (Å²) in [6, 6.07) is 17.5. The van der Waals surface area contributed by atoms with Gasteiger partial charge in [0, 0.05) is 11.0 Å². The maximum absolute atomic E-state index is 12.7. The van der Waals surface area contributed by atoms with Crippen LogP contribution >= 0.6 is 11.3 Å². The Balaban J connectivity index is 1.75. The minimum absolute atomic E-state index is 0.331. The summed E-state index contributed by atoms with van der Waals surface area (Å²) in [5.41, 5.74) is 3.62. The normalized spacial score (nSPS) is 12.9. The first-order valence-corrected chi connectivity index (χ1v) is 14.1. The van der Waals surface area contributed by atoms with Crippen molar-refractivity contribution in [3.05, 3.63) is 99.0 Å². The van der Waals surface area contributed by atoms with Gasteiger partial charge in [-0.1, -0.05) is 42.5 Å². The molecule has 1 heterocycles. The lowest BCUT2D eigenvalue weighted by molar-refractivity contribution is -0.138. The molecule has 3 aromatic rings. The number of rotatable bonds is 11. The second-order valence-electron chi connectivity index (χ2n) is 10.4. The van der Waals surface area contributed by atoms with Crippen molar-refractivity contribution in [2.45, 2.75) is 66.2 Å². The van der Waals surface area contributed by atoms with Crippen LogP contribution in [-0.4, -0.2) is 29.3 Å². The Kier molecular flexibility index (Phi) is 11.1. The number of alkyl carbamates (subject to hydrolysis) is 1. The second kappa shape index (κ2) is 14.5. The predicted octanol–water partition coefficient (Wildman–Crippen LogP) is 7.44. The molecule has 212 valence electrons. The smallest absolute Gasteiger partial charge is 0.408 e. The molecule has 2 aromatic carbocycles. The molecule has 8 heteroatoms. The highest BCUT2D eigenvalue weighted by atomic mass is 32.1. The van der Waals surface area contributed by atoms with Gasteiger partial charge in [0.2, 0.25) is 0 Å². The number of aromatic nitrogens is 1. The average Bonchev–Trinajstić information content (AvgIpc) is 3.35. The number of hydrogen-bond acceptors (Lipinski definition) is 7. The summed E-state index contributed by atoms with van der Waals surface area (Å²) < 4.78 is 16.5. The van der Waals surface area contributed by atoms with Crippen LogP contribution in [0.25, 0.3) is 6.08 Å². The van der Waals surface area contributed by atoms with Gasteiger partial charge in [0.15, 0.2) is 0 Å². The number of thiazole rings is 1. The third-order valence-electron chi connectivity index (χ3n) is 5.56.